The van der Waals surface area contributed by atoms with E-state index in [9.17, 15) is 9.90 Å². The number of thiazole rings is 1. The van der Waals surface area contributed by atoms with E-state index in [0.29, 0.717) is 18.2 Å². The highest BCUT2D eigenvalue weighted by atomic mass is 32.1. The highest BCUT2D eigenvalue weighted by Crippen LogP contribution is 2.27. The molecule has 2 aromatic rings. The fraction of sp³-hybridized carbons (Fsp3) is 0.474. The molecule has 1 aliphatic rings. The topological polar surface area (TPSA) is 53.4 Å². The Morgan fingerprint density at radius 1 is 1.38 bits per heavy atom. The predicted molar refractivity (Wildman–Crippen MR) is 97.4 cm³/mol. The lowest BCUT2D eigenvalue weighted by molar-refractivity contribution is 0.0616. The van der Waals surface area contributed by atoms with E-state index in [1.807, 2.05) is 10.3 Å². The van der Waals surface area contributed by atoms with Crippen LogP contribution < -0.4 is 0 Å². The quantitative estimate of drug-likeness (QED) is 0.918. The van der Waals surface area contributed by atoms with Crippen LogP contribution in [0.2, 0.25) is 0 Å². The maximum atomic E-state index is 12.6. The van der Waals surface area contributed by atoms with Crippen molar-refractivity contribution in [2.45, 2.75) is 32.6 Å². The first-order chi connectivity index (χ1) is 11.6. The highest BCUT2D eigenvalue weighted by Gasteiger charge is 2.25. The Morgan fingerprint density at radius 3 is 2.79 bits per heavy atom. The molecule has 1 unspecified atom stereocenters. The Morgan fingerprint density at radius 2 is 2.12 bits per heavy atom. The highest BCUT2D eigenvalue weighted by molar-refractivity contribution is 7.13. The molecule has 1 aliphatic heterocycles. The molecule has 0 spiro atoms. The number of carbonyl (C=O) groups is 1. The molecule has 0 bridgehead atoms. The van der Waals surface area contributed by atoms with Crippen molar-refractivity contribution in [3.63, 3.8) is 0 Å². The third-order valence-electron chi connectivity index (χ3n) is 4.61. The van der Waals surface area contributed by atoms with Gasteiger partial charge >= 0.3 is 0 Å². The maximum absolute atomic E-state index is 12.6. The Bertz CT molecular complexity index is 694. The van der Waals surface area contributed by atoms with Crippen LogP contribution in [0.1, 0.15) is 48.7 Å². The van der Waals surface area contributed by atoms with Gasteiger partial charge in [0.25, 0.3) is 5.91 Å². The normalized spacial score (nSPS) is 18.2. The molecule has 1 amide bonds. The number of likely N-dealkylation sites (tertiary alicyclic amines) is 1. The van der Waals surface area contributed by atoms with E-state index in [2.05, 4.69) is 43.1 Å². The average molecular weight is 344 g/mol. The first kappa shape index (κ1) is 17.1. The Hall–Kier alpha value is -1.72. The zero-order valence-electron chi connectivity index (χ0n) is 14.2. The smallest absolute Gasteiger partial charge is 0.273 e. The average Bonchev–Trinajstić information content (AvgIpc) is 3.11. The van der Waals surface area contributed by atoms with Crippen LogP contribution in [-0.4, -0.2) is 40.6 Å². The van der Waals surface area contributed by atoms with Gasteiger partial charge in [-0.3, -0.25) is 4.79 Å². The van der Waals surface area contributed by atoms with Gasteiger partial charge in [-0.2, -0.15) is 0 Å². The van der Waals surface area contributed by atoms with E-state index in [0.717, 1.165) is 30.0 Å². The number of aliphatic hydroxyl groups excluding tert-OH is 1. The molecule has 1 aromatic heterocycles. The van der Waals surface area contributed by atoms with Crippen molar-refractivity contribution in [1.82, 2.24) is 9.88 Å². The molecule has 0 radical (unpaired) electrons. The minimum absolute atomic E-state index is 0.0190. The lowest BCUT2D eigenvalue weighted by Crippen LogP contribution is -2.41. The van der Waals surface area contributed by atoms with Gasteiger partial charge in [0.2, 0.25) is 0 Å². The van der Waals surface area contributed by atoms with Crippen molar-refractivity contribution in [3.8, 4) is 10.6 Å². The van der Waals surface area contributed by atoms with Crippen molar-refractivity contribution in [1.29, 1.82) is 0 Å². The first-order valence-corrected chi connectivity index (χ1v) is 9.42. The van der Waals surface area contributed by atoms with Crippen LogP contribution in [0.3, 0.4) is 0 Å². The van der Waals surface area contributed by atoms with Crippen LogP contribution in [0.15, 0.2) is 29.6 Å². The van der Waals surface area contributed by atoms with E-state index < -0.39 is 0 Å². The number of nitrogens with zero attached hydrogens (tertiary/aromatic N) is 2. The molecule has 1 N–H and O–H groups in total. The lowest BCUT2D eigenvalue weighted by atomic mass is 9.99. The molecule has 1 aromatic carbocycles. The van der Waals surface area contributed by atoms with E-state index in [4.69, 9.17) is 0 Å². The maximum Gasteiger partial charge on any atom is 0.273 e. The van der Waals surface area contributed by atoms with Gasteiger partial charge in [0.1, 0.15) is 10.7 Å². The van der Waals surface area contributed by atoms with Gasteiger partial charge in [-0.05, 0) is 30.2 Å². The number of aliphatic hydroxyl groups is 1. The van der Waals surface area contributed by atoms with Crippen LogP contribution in [0, 0.1) is 5.92 Å². The summed E-state index contributed by atoms with van der Waals surface area (Å²) in [5.74, 6) is 0.685. The zero-order chi connectivity index (χ0) is 17.1. The van der Waals surface area contributed by atoms with Gasteiger partial charge < -0.3 is 10.0 Å². The third kappa shape index (κ3) is 3.68. The van der Waals surface area contributed by atoms with Crippen molar-refractivity contribution < 1.29 is 9.90 Å². The van der Waals surface area contributed by atoms with Gasteiger partial charge in [-0.25, -0.2) is 4.98 Å². The van der Waals surface area contributed by atoms with E-state index in [-0.39, 0.29) is 18.4 Å². The van der Waals surface area contributed by atoms with Crippen LogP contribution in [0.25, 0.3) is 10.6 Å². The van der Waals surface area contributed by atoms with Gasteiger partial charge in [0.15, 0.2) is 0 Å². The Balaban J connectivity index is 1.74. The lowest BCUT2D eigenvalue weighted by Gasteiger charge is -2.31. The molecular formula is C19H24N2O2S. The van der Waals surface area contributed by atoms with E-state index >= 15 is 0 Å². The number of hydrogen-bond donors (Lipinski definition) is 1. The van der Waals surface area contributed by atoms with Crippen LogP contribution in [0.4, 0.5) is 0 Å². The van der Waals surface area contributed by atoms with Crippen molar-refractivity contribution in [2.24, 2.45) is 5.92 Å². The number of hydrogen-bond acceptors (Lipinski definition) is 4. The van der Waals surface area contributed by atoms with Crippen LogP contribution in [0.5, 0.6) is 0 Å². The molecule has 1 fully saturated rings. The third-order valence-corrected chi connectivity index (χ3v) is 5.50. The minimum Gasteiger partial charge on any atom is -0.396 e. The summed E-state index contributed by atoms with van der Waals surface area (Å²) in [6, 6.07) is 8.40. The second-order valence-electron chi connectivity index (χ2n) is 6.76. The summed E-state index contributed by atoms with van der Waals surface area (Å²) in [6.45, 7) is 5.88. The van der Waals surface area contributed by atoms with Gasteiger partial charge in [-0.15, -0.1) is 11.3 Å². The second kappa shape index (κ2) is 7.45. The molecule has 0 aliphatic carbocycles. The first-order valence-electron chi connectivity index (χ1n) is 8.54. The van der Waals surface area contributed by atoms with Crippen molar-refractivity contribution in [2.75, 3.05) is 19.7 Å². The second-order valence-corrected chi connectivity index (χ2v) is 7.61. The zero-order valence-corrected chi connectivity index (χ0v) is 15.1. The molecule has 5 heteroatoms. The molecule has 0 saturated carbocycles. The van der Waals surface area contributed by atoms with E-state index in [1.54, 1.807) is 0 Å². The number of rotatable bonds is 4. The summed E-state index contributed by atoms with van der Waals surface area (Å²) in [4.78, 5) is 19.0. The van der Waals surface area contributed by atoms with Gasteiger partial charge in [-0.1, -0.05) is 38.1 Å². The number of amides is 1. The number of carbonyl (C=O) groups excluding carboxylic acids is 1. The molecular weight excluding hydrogens is 320 g/mol. The molecule has 1 saturated heterocycles. The summed E-state index contributed by atoms with van der Waals surface area (Å²) in [5.41, 5.74) is 2.87. The molecule has 4 nitrogen and oxygen atoms in total. The van der Waals surface area contributed by atoms with Crippen LogP contribution >= 0.6 is 11.3 Å². The summed E-state index contributed by atoms with van der Waals surface area (Å²) in [6.07, 6.45) is 1.94. The Labute approximate surface area is 147 Å². The van der Waals surface area contributed by atoms with Gasteiger partial charge in [0.05, 0.1) is 0 Å². The SMILES string of the molecule is CC(C)c1ccc(-c2nc(C(=O)N3CCCC(CO)C3)cs2)cc1. The largest absolute Gasteiger partial charge is 0.396 e. The number of piperidine rings is 1. The van der Waals surface area contributed by atoms with Gasteiger partial charge in [0, 0.05) is 30.6 Å². The minimum atomic E-state index is -0.0190. The molecule has 2 heterocycles. The van der Waals surface area contributed by atoms with Crippen molar-refractivity contribution >= 4 is 17.2 Å². The number of aromatic nitrogens is 1. The predicted octanol–water partition coefficient (Wildman–Crippen LogP) is 3.78. The monoisotopic (exact) mass is 344 g/mol. The summed E-state index contributed by atoms with van der Waals surface area (Å²) in [5, 5.41) is 12.0. The van der Waals surface area contributed by atoms with Crippen molar-refractivity contribution in [3.05, 3.63) is 40.9 Å². The van der Waals surface area contributed by atoms with Crippen LogP contribution in [-0.2, 0) is 0 Å². The summed E-state index contributed by atoms with van der Waals surface area (Å²) < 4.78 is 0. The summed E-state index contributed by atoms with van der Waals surface area (Å²) >= 11 is 1.51. The fourth-order valence-corrected chi connectivity index (χ4v) is 3.88. The molecule has 3 rings (SSSR count). The molecule has 128 valence electrons. The fourth-order valence-electron chi connectivity index (χ4n) is 3.08. The number of benzene rings is 1. The molecule has 24 heavy (non-hydrogen) atoms. The summed E-state index contributed by atoms with van der Waals surface area (Å²) in [7, 11) is 0. The molecule has 1 atom stereocenters. The Kier molecular flexibility index (Phi) is 5.31. The standard InChI is InChI=1S/C19H24N2O2S/c1-13(2)15-5-7-16(8-6-15)18-20-17(12-24-18)19(23)21-9-3-4-14(10-21)11-22/h5-8,12-14,22H,3-4,9-11H2,1-2H3. The van der Waals surface area contributed by atoms with E-state index in [1.165, 1.54) is 16.9 Å².